The van der Waals surface area contributed by atoms with Crippen molar-refractivity contribution in [1.29, 1.82) is 0 Å². The van der Waals surface area contributed by atoms with E-state index in [2.05, 4.69) is 20.0 Å². The zero-order chi connectivity index (χ0) is 21.3. The van der Waals surface area contributed by atoms with Gasteiger partial charge in [-0.1, -0.05) is 0 Å². The molecule has 0 saturated carbocycles. The Morgan fingerprint density at radius 3 is 2.63 bits per heavy atom. The number of aliphatic hydroxyl groups is 1. The number of hydrogen-bond acceptors (Lipinski definition) is 9. The Hall–Kier alpha value is -3.01. The van der Waals surface area contributed by atoms with Gasteiger partial charge in [-0.3, -0.25) is 4.72 Å². The SMILES string of the molecule is COc1ccc(-c2ccnc(Nc3ccc(SNCCCO)c(OC)c3)n2)cc1N. The van der Waals surface area contributed by atoms with E-state index >= 15 is 0 Å². The minimum atomic E-state index is 0.162. The maximum absolute atomic E-state index is 8.86. The number of nitrogens with two attached hydrogens (primary N) is 1. The molecule has 0 aliphatic rings. The van der Waals surface area contributed by atoms with Crippen LogP contribution in [0.2, 0.25) is 0 Å². The molecule has 0 fully saturated rings. The van der Waals surface area contributed by atoms with Gasteiger partial charge in [-0.05, 0) is 54.8 Å². The molecule has 3 aromatic rings. The third-order valence-corrected chi connectivity index (χ3v) is 5.13. The molecule has 9 heteroatoms. The number of nitrogen functional groups attached to an aromatic ring is 1. The Morgan fingerprint density at radius 2 is 1.90 bits per heavy atom. The molecule has 30 heavy (non-hydrogen) atoms. The molecule has 0 atom stereocenters. The number of nitrogens with one attached hydrogen (secondary N) is 2. The van der Waals surface area contributed by atoms with Crippen LogP contribution in [-0.4, -0.2) is 42.4 Å². The van der Waals surface area contributed by atoms with Gasteiger partial charge in [0.05, 0.1) is 30.5 Å². The van der Waals surface area contributed by atoms with Gasteiger partial charge < -0.3 is 25.6 Å². The fourth-order valence-electron chi connectivity index (χ4n) is 2.71. The van der Waals surface area contributed by atoms with Crippen molar-refractivity contribution < 1.29 is 14.6 Å². The van der Waals surface area contributed by atoms with Crippen molar-refractivity contribution in [2.75, 3.05) is 38.4 Å². The third-order valence-electron chi connectivity index (χ3n) is 4.22. The van der Waals surface area contributed by atoms with Crippen LogP contribution < -0.4 is 25.2 Å². The first-order valence-electron chi connectivity index (χ1n) is 9.37. The minimum absolute atomic E-state index is 0.162. The van der Waals surface area contributed by atoms with Crippen molar-refractivity contribution in [2.24, 2.45) is 0 Å². The zero-order valence-electron chi connectivity index (χ0n) is 16.9. The number of aromatic nitrogens is 2. The van der Waals surface area contributed by atoms with Crippen molar-refractivity contribution >= 4 is 29.3 Å². The molecule has 1 aromatic heterocycles. The molecule has 0 spiro atoms. The lowest BCUT2D eigenvalue weighted by molar-refractivity contribution is 0.290. The van der Waals surface area contributed by atoms with Crippen LogP contribution in [0, 0.1) is 0 Å². The van der Waals surface area contributed by atoms with E-state index in [1.165, 1.54) is 11.9 Å². The van der Waals surface area contributed by atoms with Gasteiger partial charge in [0.15, 0.2) is 0 Å². The molecule has 2 aromatic carbocycles. The minimum Gasteiger partial charge on any atom is -0.495 e. The summed E-state index contributed by atoms with van der Waals surface area (Å²) in [6.45, 7) is 0.872. The van der Waals surface area contributed by atoms with Crippen LogP contribution in [0.1, 0.15) is 6.42 Å². The van der Waals surface area contributed by atoms with Crippen LogP contribution in [0.5, 0.6) is 11.5 Å². The fourth-order valence-corrected chi connectivity index (χ4v) is 3.49. The molecule has 0 radical (unpaired) electrons. The molecule has 0 amide bonds. The Morgan fingerprint density at radius 1 is 1.07 bits per heavy atom. The van der Waals surface area contributed by atoms with Gasteiger partial charge in [0.1, 0.15) is 11.5 Å². The lowest BCUT2D eigenvalue weighted by Gasteiger charge is -2.12. The summed E-state index contributed by atoms with van der Waals surface area (Å²) in [6, 6.07) is 13.1. The predicted octanol–water partition coefficient (Wildman–Crippen LogP) is 3.47. The highest BCUT2D eigenvalue weighted by Crippen LogP contribution is 2.32. The van der Waals surface area contributed by atoms with Crippen LogP contribution in [0.15, 0.2) is 53.6 Å². The summed E-state index contributed by atoms with van der Waals surface area (Å²) < 4.78 is 13.9. The second-order valence-electron chi connectivity index (χ2n) is 6.29. The van der Waals surface area contributed by atoms with Gasteiger partial charge in [0, 0.05) is 36.7 Å². The second-order valence-corrected chi connectivity index (χ2v) is 7.22. The number of hydrogen-bond donors (Lipinski definition) is 4. The highest BCUT2D eigenvalue weighted by atomic mass is 32.2. The number of anilines is 3. The quantitative estimate of drug-likeness (QED) is 0.219. The van der Waals surface area contributed by atoms with E-state index in [1.54, 1.807) is 20.4 Å². The highest BCUT2D eigenvalue weighted by Gasteiger charge is 2.09. The molecule has 158 valence electrons. The summed E-state index contributed by atoms with van der Waals surface area (Å²) >= 11 is 1.46. The second kappa shape index (κ2) is 10.7. The van der Waals surface area contributed by atoms with Gasteiger partial charge in [-0.15, -0.1) is 0 Å². The maximum Gasteiger partial charge on any atom is 0.227 e. The number of methoxy groups -OCH3 is 2. The number of benzene rings is 2. The Bertz CT molecular complexity index is 987. The van der Waals surface area contributed by atoms with E-state index in [-0.39, 0.29) is 6.61 Å². The van der Waals surface area contributed by atoms with E-state index in [0.717, 1.165) is 27.6 Å². The summed E-state index contributed by atoms with van der Waals surface area (Å²) in [6.07, 6.45) is 2.39. The highest BCUT2D eigenvalue weighted by molar-refractivity contribution is 7.97. The largest absolute Gasteiger partial charge is 0.495 e. The van der Waals surface area contributed by atoms with Crippen LogP contribution in [-0.2, 0) is 0 Å². The molecule has 0 aliphatic carbocycles. The van der Waals surface area contributed by atoms with Crippen LogP contribution in [0.3, 0.4) is 0 Å². The average molecular weight is 428 g/mol. The number of aliphatic hydroxyl groups excluding tert-OH is 1. The first-order chi connectivity index (χ1) is 14.6. The van der Waals surface area contributed by atoms with E-state index in [1.807, 2.05) is 42.5 Å². The average Bonchev–Trinajstić information content (AvgIpc) is 2.77. The van der Waals surface area contributed by atoms with E-state index in [4.69, 9.17) is 20.3 Å². The summed E-state index contributed by atoms with van der Waals surface area (Å²) in [5.41, 5.74) is 8.98. The molecule has 1 heterocycles. The Kier molecular flexibility index (Phi) is 7.72. The van der Waals surface area contributed by atoms with Crippen LogP contribution in [0.4, 0.5) is 17.3 Å². The summed E-state index contributed by atoms with van der Waals surface area (Å²) in [5.74, 6) is 1.81. The van der Waals surface area contributed by atoms with Crippen molar-refractivity contribution in [3.05, 3.63) is 48.7 Å². The number of ether oxygens (including phenoxy) is 2. The monoisotopic (exact) mass is 427 g/mol. The van der Waals surface area contributed by atoms with E-state index in [9.17, 15) is 0 Å². The maximum atomic E-state index is 8.86. The molecule has 0 aliphatic heterocycles. The third kappa shape index (κ3) is 5.53. The van der Waals surface area contributed by atoms with Crippen molar-refractivity contribution in [2.45, 2.75) is 11.3 Å². The standard InChI is InChI=1S/C21H25N5O3S/c1-28-18-6-4-14(12-16(18)22)17-8-10-23-21(26-17)25-15-5-7-20(19(13-15)29-2)30-24-9-3-11-27/h4-8,10,12-13,24,27H,3,9,11,22H2,1-2H3,(H,23,25,26). The zero-order valence-corrected chi connectivity index (χ0v) is 17.7. The fraction of sp³-hybridized carbons (Fsp3) is 0.238. The summed E-state index contributed by atoms with van der Waals surface area (Å²) in [4.78, 5) is 9.83. The summed E-state index contributed by atoms with van der Waals surface area (Å²) in [5, 5.41) is 12.1. The van der Waals surface area contributed by atoms with E-state index < -0.39 is 0 Å². The first-order valence-corrected chi connectivity index (χ1v) is 10.2. The first kappa shape index (κ1) is 21.7. The topological polar surface area (TPSA) is 115 Å². The molecule has 0 bridgehead atoms. The van der Waals surface area contributed by atoms with Gasteiger partial charge in [-0.2, -0.15) is 0 Å². The lowest BCUT2D eigenvalue weighted by Crippen LogP contribution is -2.07. The molecule has 0 unspecified atom stereocenters. The normalized spacial score (nSPS) is 10.6. The number of rotatable bonds is 10. The van der Waals surface area contributed by atoms with Gasteiger partial charge in [0.2, 0.25) is 5.95 Å². The van der Waals surface area contributed by atoms with Gasteiger partial charge >= 0.3 is 0 Å². The molecular formula is C21H25N5O3S. The smallest absolute Gasteiger partial charge is 0.227 e. The van der Waals surface area contributed by atoms with Crippen molar-refractivity contribution in [3.63, 3.8) is 0 Å². The van der Waals surface area contributed by atoms with Crippen LogP contribution in [0.25, 0.3) is 11.3 Å². The Labute approximate surface area is 180 Å². The van der Waals surface area contributed by atoms with Gasteiger partial charge in [-0.25, -0.2) is 9.97 Å². The molecule has 8 nitrogen and oxygen atoms in total. The van der Waals surface area contributed by atoms with Gasteiger partial charge in [0.25, 0.3) is 0 Å². The molecule has 5 N–H and O–H groups in total. The van der Waals surface area contributed by atoms with Crippen molar-refractivity contribution in [3.8, 4) is 22.8 Å². The van der Waals surface area contributed by atoms with Crippen molar-refractivity contribution in [1.82, 2.24) is 14.7 Å². The molecular weight excluding hydrogens is 402 g/mol. The van der Waals surface area contributed by atoms with Crippen LogP contribution >= 0.6 is 11.9 Å². The number of nitrogens with zero attached hydrogens (tertiary/aromatic N) is 2. The summed E-state index contributed by atoms with van der Waals surface area (Å²) in [7, 11) is 3.21. The lowest BCUT2D eigenvalue weighted by atomic mass is 10.1. The van der Waals surface area contributed by atoms with E-state index in [0.29, 0.717) is 30.4 Å². The molecule has 3 rings (SSSR count). The Balaban J connectivity index is 1.75. The predicted molar refractivity (Wildman–Crippen MR) is 120 cm³/mol. The molecule has 0 saturated heterocycles.